The van der Waals surface area contributed by atoms with Gasteiger partial charge in [-0.3, -0.25) is 0 Å². The summed E-state index contributed by atoms with van der Waals surface area (Å²) in [5.74, 6) is 0. The third kappa shape index (κ3) is 4.94. The van der Waals surface area contributed by atoms with Gasteiger partial charge in [0.15, 0.2) is 0 Å². The maximum Gasteiger partial charge on any atom is 0.0675 e. The van der Waals surface area contributed by atoms with Gasteiger partial charge in [0.1, 0.15) is 0 Å². The van der Waals surface area contributed by atoms with Gasteiger partial charge in [0.25, 0.3) is 0 Å². The highest BCUT2D eigenvalue weighted by Gasteiger charge is 2.17. The Morgan fingerprint density at radius 2 is 2.07 bits per heavy atom. The average Bonchev–Trinajstić information content (AvgIpc) is 2.65. The van der Waals surface area contributed by atoms with Crippen molar-refractivity contribution in [3.8, 4) is 0 Å². The molecule has 3 nitrogen and oxygen atoms in total. The second-order valence-corrected chi connectivity index (χ2v) is 4.05. The summed E-state index contributed by atoms with van der Waals surface area (Å²) < 4.78 is 10.8. The number of hydrogen-bond acceptors (Lipinski definition) is 3. The molecule has 0 spiro atoms. The van der Waals surface area contributed by atoms with Gasteiger partial charge in [0.2, 0.25) is 0 Å². The van der Waals surface area contributed by atoms with Crippen LogP contribution in [0.15, 0.2) is 0 Å². The van der Waals surface area contributed by atoms with Gasteiger partial charge in [-0.25, -0.2) is 0 Å². The topological polar surface area (TPSA) is 30.5 Å². The molecule has 14 heavy (non-hydrogen) atoms. The van der Waals surface area contributed by atoms with Crippen LogP contribution in [0.4, 0.5) is 0 Å². The van der Waals surface area contributed by atoms with Crippen molar-refractivity contribution in [1.82, 2.24) is 5.32 Å². The van der Waals surface area contributed by atoms with Crippen molar-refractivity contribution in [3.05, 3.63) is 0 Å². The molecule has 0 radical (unpaired) electrons. The Morgan fingerprint density at radius 3 is 2.71 bits per heavy atom. The maximum atomic E-state index is 5.89. The molecule has 0 aromatic carbocycles. The van der Waals surface area contributed by atoms with Crippen molar-refractivity contribution < 1.29 is 9.47 Å². The average molecular weight is 201 g/mol. The van der Waals surface area contributed by atoms with Crippen molar-refractivity contribution in [2.75, 3.05) is 26.8 Å². The summed E-state index contributed by atoms with van der Waals surface area (Å²) in [5, 5.41) is 3.31. The molecule has 0 aromatic rings. The van der Waals surface area contributed by atoms with E-state index in [2.05, 4.69) is 12.2 Å². The summed E-state index contributed by atoms with van der Waals surface area (Å²) in [4.78, 5) is 0. The molecule has 1 unspecified atom stereocenters. The molecule has 0 bridgehead atoms. The Labute approximate surface area is 87.2 Å². The fraction of sp³-hybridized carbons (Fsp3) is 1.00. The summed E-state index contributed by atoms with van der Waals surface area (Å²) >= 11 is 0. The summed E-state index contributed by atoms with van der Waals surface area (Å²) in [7, 11) is 1.72. The first kappa shape index (κ1) is 12.0. The number of ether oxygens (including phenoxy) is 2. The molecule has 0 heterocycles. The molecule has 1 saturated carbocycles. The summed E-state index contributed by atoms with van der Waals surface area (Å²) in [6.07, 6.45) is 6.04. The van der Waals surface area contributed by atoms with Gasteiger partial charge >= 0.3 is 0 Å². The van der Waals surface area contributed by atoms with Crippen LogP contribution in [0.2, 0.25) is 0 Å². The van der Waals surface area contributed by atoms with Gasteiger partial charge in [-0.1, -0.05) is 12.8 Å². The molecule has 1 N–H and O–H groups in total. The molecule has 1 rings (SSSR count). The second kappa shape index (κ2) is 7.21. The minimum Gasteiger partial charge on any atom is -0.383 e. The number of rotatable bonds is 7. The van der Waals surface area contributed by atoms with Crippen LogP contribution in [0, 0.1) is 0 Å². The van der Waals surface area contributed by atoms with E-state index in [0.29, 0.717) is 12.2 Å². The van der Waals surface area contributed by atoms with Gasteiger partial charge < -0.3 is 14.8 Å². The van der Waals surface area contributed by atoms with Gasteiger partial charge in [-0.15, -0.1) is 0 Å². The monoisotopic (exact) mass is 201 g/mol. The van der Waals surface area contributed by atoms with Gasteiger partial charge in [-0.2, -0.15) is 0 Å². The maximum absolute atomic E-state index is 5.89. The van der Waals surface area contributed by atoms with Crippen molar-refractivity contribution in [2.24, 2.45) is 0 Å². The normalized spacial score (nSPS) is 20.1. The molecule has 1 aliphatic carbocycles. The van der Waals surface area contributed by atoms with E-state index >= 15 is 0 Å². The second-order valence-electron chi connectivity index (χ2n) is 4.05. The smallest absolute Gasteiger partial charge is 0.0675 e. The zero-order valence-electron chi connectivity index (χ0n) is 9.42. The van der Waals surface area contributed by atoms with Crippen molar-refractivity contribution in [1.29, 1.82) is 0 Å². The predicted molar refractivity (Wildman–Crippen MR) is 57.5 cm³/mol. The Bertz CT molecular complexity index is 135. The van der Waals surface area contributed by atoms with E-state index in [4.69, 9.17) is 9.47 Å². The standard InChI is InChI=1S/C11H23NO2/c1-10(9-12-7-8-13-2)14-11-5-3-4-6-11/h10-12H,3-9H2,1-2H3. The molecular weight excluding hydrogens is 178 g/mol. The van der Waals surface area contributed by atoms with Gasteiger partial charge in [-0.05, 0) is 19.8 Å². The zero-order chi connectivity index (χ0) is 10.2. The lowest BCUT2D eigenvalue weighted by molar-refractivity contribution is 0.00261. The summed E-state index contributed by atoms with van der Waals surface area (Å²) in [5.41, 5.74) is 0. The van der Waals surface area contributed by atoms with Crippen LogP contribution < -0.4 is 5.32 Å². The van der Waals surface area contributed by atoms with Crippen LogP contribution in [0.3, 0.4) is 0 Å². The molecule has 3 heteroatoms. The Hall–Kier alpha value is -0.120. The summed E-state index contributed by atoms with van der Waals surface area (Å²) in [6, 6.07) is 0. The number of nitrogens with one attached hydrogen (secondary N) is 1. The van der Waals surface area contributed by atoms with Crippen LogP contribution in [-0.4, -0.2) is 39.0 Å². The van der Waals surface area contributed by atoms with E-state index in [1.807, 2.05) is 0 Å². The predicted octanol–water partition coefficient (Wildman–Crippen LogP) is 1.57. The highest BCUT2D eigenvalue weighted by molar-refractivity contribution is 4.69. The molecule has 0 aromatic heterocycles. The lowest BCUT2D eigenvalue weighted by atomic mass is 10.3. The van der Waals surface area contributed by atoms with E-state index in [1.54, 1.807) is 7.11 Å². The minimum absolute atomic E-state index is 0.329. The van der Waals surface area contributed by atoms with Gasteiger partial charge in [0.05, 0.1) is 18.8 Å². The molecule has 0 aliphatic heterocycles. The highest BCUT2D eigenvalue weighted by atomic mass is 16.5. The van der Waals surface area contributed by atoms with E-state index in [9.17, 15) is 0 Å². The van der Waals surface area contributed by atoms with Gasteiger partial charge in [0, 0.05) is 20.2 Å². The minimum atomic E-state index is 0.329. The first-order chi connectivity index (χ1) is 6.83. The van der Waals surface area contributed by atoms with E-state index in [0.717, 1.165) is 19.7 Å². The lowest BCUT2D eigenvalue weighted by Gasteiger charge is -2.18. The quantitative estimate of drug-likeness (QED) is 0.634. The molecule has 0 amide bonds. The largest absolute Gasteiger partial charge is 0.383 e. The summed E-state index contributed by atoms with van der Waals surface area (Å²) in [6.45, 7) is 4.75. The Kier molecular flexibility index (Phi) is 6.15. The molecule has 84 valence electrons. The van der Waals surface area contributed by atoms with Crippen molar-refractivity contribution in [3.63, 3.8) is 0 Å². The van der Waals surface area contributed by atoms with Crippen LogP contribution in [0.5, 0.6) is 0 Å². The molecule has 0 saturated heterocycles. The molecule has 1 aliphatic rings. The third-order valence-electron chi connectivity index (χ3n) is 2.64. The zero-order valence-corrected chi connectivity index (χ0v) is 9.42. The first-order valence-corrected chi connectivity index (χ1v) is 5.68. The van der Waals surface area contributed by atoms with Crippen LogP contribution in [0.25, 0.3) is 0 Å². The fourth-order valence-electron chi connectivity index (χ4n) is 1.88. The van der Waals surface area contributed by atoms with Crippen molar-refractivity contribution >= 4 is 0 Å². The third-order valence-corrected chi connectivity index (χ3v) is 2.64. The lowest BCUT2D eigenvalue weighted by Crippen LogP contribution is -2.31. The van der Waals surface area contributed by atoms with E-state index in [-0.39, 0.29) is 0 Å². The van der Waals surface area contributed by atoms with Crippen LogP contribution in [-0.2, 0) is 9.47 Å². The van der Waals surface area contributed by atoms with E-state index in [1.165, 1.54) is 25.7 Å². The Balaban J connectivity index is 1.95. The molecule has 1 fully saturated rings. The van der Waals surface area contributed by atoms with Crippen LogP contribution in [0.1, 0.15) is 32.6 Å². The molecule has 1 atom stereocenters. The van der Waals surface area contributed by atoms with E-state index < -0.39 is 0 Å². The Morgan fingerprint density at radius 1 is 1.36 bits per heavy atom. The van der Waals surface area contributed by atoms with Crippen molar-refractivity contribution in [2.45, 2.75) is 44.8 Å². The SMILES string of the molecule is COCCNCC(C)OC1CCCC1. The number of methoxy groups -OCH3 is 1. The fourth-order valence-corrected chi connectivity index (χ4v) is 1.88. The molecular formula is C11H23NO2. The van der Waals surface area contributed by atoms with Crippen LogP contribution >= 0.6 is 0 Å². The number of hydrogen-bond donors (Lipinski definition) is 1. The highest BCUT2D eigenvalue weighted by Crippen LogP contribution is 2.21. The first-order valence-electron chi connectivity index (χ1n) is 5.68.